The fourth-order valence-electron chi connectivity index (χ4n) is 0.580. The molecule has 0 spiro atoms. The van der Waals surface area contributed by atoms with Crippen molar-refractivity contribution in [1.82, 2.24) is 0 Å². The summed E-state index contributed by atoms with van der Waals surface area (Å²) in [6, 6.07) is 0. The quantitative estimate of drug-likeness (QED) is 0.486. The highest BCUT2D eigenvalue weighted by molar-refractivity contribution is 4.76. The molecular formula is C8H16O3. The average molecular weight is 160 g/mol. The van der Waals surface area contributed by atoms with Crippen LogP contribution in [0.1, 0.15) is 20.3 Å². The first-order valence-electron chi connectivity index (χ1n) is 3.71. The molecule has 0 amide bonds. The van der Waals surface area contributed by atoms with E-state index in [4.69, 9.17) is 9.47 Å². The Bertz CT molecular complexity index is 117. The third kappa shape index (κ3) is 4.14. The van der Waals surface area contributed by atoms with E-state index in [2.05, 4.69) is 0 Å². The number of allylic oxidation sites excluding steroid dienone is 1. The lowest BCUT2D eigenvalue weighted by atomic mass is 10.4. The lowest BCUT2D eigenvalue weighted by Gasteiger charge is -2.23. The minimum Gasteiger partial charge on any atom is -0.343 e. The Morgan fingerprint density at radius 3 is 2.55 bits per heavy atom. The van der Waals surface area contributed by atoms with Crippen molar-refractivity contribution in [3.8, 4) is 0 Å². The molecule has 1 N–H and O–H groups in total. The van der Waals surface area contributed by atoms with Crippen LogP contribution in [-0.4, -0.2) is 24.8 Å². The average Bonchev–Trinajstić information content (AvgIpc) is 2.05. The molecule has 0 aliphatic carbocycles. The summed E-state index contributed by atoms with van der Waals surface area (Å²) in [5.74, 6) is -1.42. The van der Waals surface area contributed by atoms with Gasteiger partial charge in [-0.05, 0) is 6.92 Å². The molecule has 1 atom stereocenters. The van der Waals surface area contributed by atoms with Gasteiger partial charge in [-0.1, -0.05) is 19.1 Å². The number of aliphatic hydroxyl groups is 1. The molecule has 0 heterocycles. The number of methoxy groups -OCH3 is 1. The molecule has 0 aromatic carbocycles. The smallest absolute Gasteiger partial charge is 0.280 e. The second-order valence-electron chi connectivity index (χ2n) is 2.15. The van der Waals surface area contributed by atoms with Crippen LogP contribution >= 0.6 is 0 Å². The van der Waals surface area contributed by atoms with Crippen LogP contribution in [0.15, 0.2) is 12.2 Å². The molecule has 11 heavy (non-hydrogen) atoms. The van der Waals surface area contributed by atoms with Crippen molar-refractivity contribution in [2.24, 2.45) is 0 Å². The van der Waals surface area contributed by atoms with E-state index in [1.807, 2.05) is 13.0 Å². The Kier molecular flexibility index (Phi) is 5.11. The Labute approximate surface area is 67.6 Å². The highest BCUT2D eigenvalue weighted by Gasteiger charge is 2.23. The first-order valence-corrected chi connectivity index (χ1v) is 3.71. The van der Waals surface area contributed by atoms with Crippen LogP contribution in [0, 0.1) is 0 Å². The number of ether oxygens (including phenoxy) is 2. The first-order chi connectivity index (χ1) is 5.18. The highest BCUT2D eigenvalue weighted by Crippen LogP contribution is 2.11. The molecule has 3 heteroatoms. The molecule has 0 bridgehead atoms. The van der Waals surface area contributed by atoms with Crippen LogP contribution < -0.4 is 0 Å². The molecule has 0 saturated heterocycles. The van der Waals surface area contributed by atoms with E-state index in [0.717, 1.165) is 0 Å². The van der Waals surface area contributed by atoms with Crippen molar-refractivity contribution in [2.45, 2.75) is 26.2 Å². The lowest BCUT2D eigenvalue weighted by molar-refractivity contribution is -0.347. The van der Waals surface area contributed by atoms with Gasteiger partial charge in [-0.2, -0.15) is 0 Å². The van der Waals surface area contributed by atoms with Gasteiger partial charge in [0.2, 0.25) is 0 Å². The van der Waals surface area contributed by atoms with Crippen LogP contribution in [0.4, 0.5) is 0 Å². The Hall–Kier alpha value is -0.380. The maximum Gasteiger partial charge on any atom is 0.280 e. The molecule has 1 unspecified atom stereocenters. The zero-order chi connectivity index (χ0) is 8.74. The van der Waals surface area contributed by atoms with E-state index in [1.54, 1.807) is 13.0 Å². The van der Waals surface area contributed by atoms with Crippen LogP contribution in [-0.2, 0) is 9.47 Å². The molecule has 0 saturated carbocycles. The molecule has 0 aromatic rings. The van der Waals surface area contributed by atoms with E-state index >= 15 is 0 Å². The predicted octanol–water partition coefficient (Wildman–Crippen LogP) is 1.28. The third-order valence-electron chi connectivity index (χ3n) is 1.41. The topological polar surface area (TPSA) is 38.7 Å². The molecule has 0 aliphatic rings. The maximum atomic E-state index is 9.38. The second kappa shape index (κ2) is 5.29. The predicted molar refractivity (Wildman–Crippen MR) is 43.0 cm³/mol. The molecule has 0 radical (unpaired) electrons. The van der Waals surface area contributed by atoms with Gasteiger partial charge in [-0.15, -0.1) is 0 Å². The third-order valence-corrected chi connectivity index (χ3v) is 1.41. The van der Waals surface area contributed by atoms with E-state index in [9.17, 15) is 5.11 Å². The van der Waals surface area contributed by atoms with Gasteiger partial charge in [-0.25, -0.2) is 0 Å². The largest absolute Gasteiger partial charge is 0.343 e. The summed E-state index contributed by atoms with van der Waals surface area (Å²) in [5.41, 5.74) is 0. The summed E-state index contributed by atoms with van der Waals surface area (Å²) in [5, 5.41) is 9.38. The zero-order valence-corrected chi connectivity index (χ0v) is 7.33. The fourth-order valence-corrected chi connectivity index (χ4v) is 0.580. The molecule has 0 fully saturated rings. The lowest BCUT2D eigenvalue weighted by Crippen LogP contribution is -2.33. The van der Waals surface area contributed by atoms with Crippen molar-refractivity contribution in [2.75, 3.05) is 13.7 Å². The molecular weight excluding hydrogens is 144 g/mol. The first kappa shape index (κ1) is 10.6. The normalized spacial score (nSPS) is 17.1. The monoisotopic (exact) mass is 160 g/mol. The van der Waals surface area contributed by atoms with Crippen LogP contribution in [0.25, 0.3) is 0 Å². The van der Waals surface area contributed by atoms with Crippen LogP contribution in [0.5, 0.6) is 0 Å². The summed E-state index contributed by atoms with van der Waals surface area (Å²) >= 11 is 0. The fraction of sp³-hybridized carbons (Fsp3) is 0.750. The maximum absolute atomic E-state index is 9.38. The highest BCUT2D eigenvalue weighted by atomic mass is 16.8. The molecule has 66 valence electrons. The van der Waals surface area contributed by atoms with Gasteiger partial charge < -0.3 is 14.6 Å². The van der Waals surface area contributed by atoms with Gasteiger partial charge in [0.1, 0.15) is 0 Å². The van der Waals surface area contributed by atoms with Crippen molar-refractivity contribution < 1.29 is 14.6 Å². The Morgan fingerprint density at radius 1 is 1.55 bits per heavy atom. The van der Waals surface area contributed by atoms with Crippen LogP contribution in [0.3, 0.4) is 0 Å². The van der Waals surface area contributed by atoms with E-state index < -0.39 is 5.97 Å². The summed E-state index contributed by atoms with van der Waals surface area (Å²) in [7, 11) is 1.42. The van der Waals surface area contributed by atoms with E-state index in [1.165, 1.54) is 7.11 Å². The molecule has 0 aromatic heterocycles. The summed E-state index contributed by atoms with van der Waals surface area (Å²) in [4.78, 5) is 0. The summed E-state index contributed by atoms with van der Waals surface area (Å²) in [6.45, 7) is 4.05. The summed E-state index contributed by atoms with van der Waals surface area (Å²) < 4.78 is 9.75. The molecule has 3 nitrogen and oxygen atoms in total. The van der Waals surface area contributed by atoms with E-state index in [-0.39, 0.29) is 0 Å². The van der Waals surface area contributed by atoms with Gasteiger partial charge in [0.25, 0.3) is 5.97 Å². The van der Waals surface area contributed by atoms with Gasteiger partial charge >= 0.3 is 0 Å². The van der Waals surface area contributed by atoms with Crippen LogP contribution in [0.2, 0.25) is 0 Å². The SMILES string of the molecule is CC=CCOC(O)(CC)OC. The number of hydrogen-bond acceptors (Lipinski definition) is 3. The second-order valence-corrected chi connectivity index (χ2v) is 2.15. The molecule has 0 aliphatic heterocycles. The number of rotatable bonds is 5. The van der Waals surface area contributed by atoms with Gasteiger partial charge in [0.15, 0.2) is 0 Å². The Balaban J connectivity index is 3.68. The van der Waals surface area contributed by atoms with Crippen molar-refractivity contribution in [3.05, 3.63) is 12.2 Å². The van der Waals surface area contributed by atoms with E-state index in [0.29, 0.717) is 13.0 Å². The standard InChI is InChI=1S/C8H16O3/c1-4-6-7-11-8(9,5-2)10-3/h4,6,9H,5,7H2,1-3H3. The van der Waals surface area contributed by atoms with Gasteiger partial charge in [0.05, 0.1) is 6.61 Å². The van der Waals surface area contributed by atoms with Gasteiger partial charge in [0, 0.05) is 13.5 Å². The number of hydrogen-bond donors (Lipinski definition) is 1. The van der Waals surface area contributed by atoms with Crippen molar-refractivity contribution >= 4 is 0 Å². The Morgan fingerprint density at radius 2 is 2.18 bits per heavy atom. The minimum absolute atomic E-state index is 0.370. The van der Waals surface area contributed by atoms with Crippen molar-refractivity contribution in [1.29, 1.82) is 0 Å². The van der Waals surface area contributed by atoms with Gasteiger partial charge in [-0.3, -0.25) is 0 Å². The summed E-state index contributed by atoms with van der Waals surface area (Å²) in [6.07, 6.45) is 4.08. The van der Waals surface area contributed by atoms with Crippen molar-refractivity contribution in [3.63, 3.8) is 0 Å². The molecule has 0 rings (SSSR count). The zero-order valence-electron chi connectivity index (χ0n) is 7.33. The minimum atomic E-state index is -1.42.